The molecule has 4 rings (SSSR count). The number of anilines is 1. The van der Waals surface area contributed by atoms with Gasteiger partial charge in [0.25, 0.3) is 11.8 Å². The second-order valence-electron chi connectivity index (χ2n) is 7.68. The molecule has 1 aliphatic rings. The van der Waals surface area contributed by atoms with Crippen LogP contribution in [0.5, 0.6) is 11.5 Å². The predicted octanol–water partition coefficient (Wildman–Crippen LogP) is 4.79. The summed E-state index contributed by atoms with van der Waals surface area (Å²) in [6.07, 6.45) is 0. The summed E-state index contributed by atoms with van der Waals surface area (Å²) in [5.74, 6) is 0.483. The quantitative estimate of drug-likeness (QED) is 0.508. The van der Waals surface area contributed by atoms with Crippen LogP contribution in [0, 0.1) is 6.92 Å². The number of rotatable bonds is 8. The van der Waals surface area contributed by atoms with Crippen molar-refractivity contribution in [2.24, 2.45) is 0 Å². The summed E-state index contributed by atoms with van der Waals surface area (Å²) in [4.78, 5) is 28.3. The lowest BCUT2D eigenvalue weighted by Crippen LogP contribution is -2.32. The Morgan fingerprint density at radius 2 is 1.52 bits per heavy atom. The molecule has 6 nitrogen and oxygen atoms in total. The number of hydrogen-bond donors (Lipinski definition) is 1. The second kappa shape index (κ2) is 9.61. The number of benzene rings is 3. The van der Waals surface area contributed by atoms with Gasteiger partial charge in [-0.1, -0.05) is 60.2 Å². The fraction of sp³-hybridized carbons (Fsp3) is 0.185. The van der Waals surface area contributed by atoms with Crippen LogP contribution in [0.3, 0.4) is 0 Å². The lowest BCUT2D eigenvalue weighted by Gasteiger charge is -2.17. The minimum atomic E-state index is -0.396. The molecule has 1 aliphatic heterocycles. The molecule has 0 saturated heterocycles. The van der Waals surface area contributed by atoms with Crippen molar-refractivity contribution in [2.75, 3.05) is 19.0 Å². The van der Waals surface area contributed by atoms with Gasteiger partial charge < -0.3 is 14.8 Å². The summed E-state index contributed by atoms with van der Waals surface area (Å²) < 4.78 is 11.1. The highest BCUT2D eigenvalue weighted by Crippen LogP contribution is 2.35. The molecule has 0 radical (unpaired) electrons. The van der Waals surface area contributed by atoms with Gasteiger partial charge in [-0.3, -0.25) is 14.5 Å². The Morgan fingerprint density at radius 3 is 2.21 bits per heavy atom. The van der Waals surface area contributed by atoms with Crippen LogP contribution in [-0.4, -0.2) is 30.4 Å². The van der Waals surface area contributed by atoms with E-state index in [0.29, 0.717) is 34.9 Å². The molecule has 0 aliphatic carbocycles. The number of carbonyl (C=O) groups excluding carboxylic acids is 2. The minimum absolute atomic E-state index is 0.106. The van der Waals surface area contributed by atoms with Gasteiger partial charge in [0.2, 0.25) is 0 Å². The predicted molar refractivity (Wildman–Crippen MR) is 128 cm³/mol. The van der Waals surface area contributed by atoms with Crippen LogP contribution in [0.4, 0.5) is 5.69 Å². The lowest BCUT2D eigenvalue weighted by atomic mass is 10.0. The van der Waals surface area contributed by atoms with Gasteiger partial charge in [-0.15, -0.1) is 0 Å². The maximum absolute atomic E-state index is 13.6. The Kier molecular flexibility index (Phi) is 6.45. The van der Waals surface area contributed by atoms with Crippen LogP contribution in [0.2, 0.25) is 0 Å². The molecule has 2 amide bonds. The van der Waals surface area contributed by atoms with E-state index in [4.69, 9.17) is 9.47 Å². The van der Waals surface area contributed by atoms with Crippen molar-refractivity contribution in [3.63, 3.8) is 0 Å². The number of nitrogens with zero attached hydrogens (tertiary/aromatic N) is 1. The van der Waals surface area contributed by atoms with E-state index in [1.54, 1.807) is 7.11 Å². The molecule has 0 aromatic heterocycles. The molecule has 6 heteroatoms. The molecule has 0 fully saturated rings. The molecular formula is C27H26N2O4. The number of methoxy groups -OCH3 is 1. The average molecular weight is 443 g/mol. The lowest BCUT2D eigenvalue weighted by molar-refractivity contribution is -0.137. The number of ether oxygens (including phenoxy) is 2. The zero-order valence-electron chi connectivity index (χ0n) is 18.9. The minimum Gasteiger partial charge on any atom is -0.496 e. The second-order valence-corrected chi connectivity index (χ2v) is 7.68. The van der Waals surface area contributed by atoms with E-state index in [-0.39, 0.29) is 18.1 Å². The van der Waals surface area contributed by atoms with Gasteiger partial charge in [0.05, 0.1) is 31.5 Å². The van der Waals surface area contributed by atoms with Crippen LogP contribution in [-0.2, 0) is 16.1 Å². The van der Waals surface area contributed by atoms with Crippen LogP contribution >= 0.6 is 0 Å². The topological polar surface area (TPSA) is 67.9 Å². The fourth-order valence-electron chi connectivity index (χ4n) is 3.81. The number of hydrogen-bond acceptors (Lipinski definition) is 5. The Balaban J connectivity index is 1.76. The molecular weight excluding hydrogens is 416 g/mol. The van der Waals surface area contributed by atoms with Crippen molar-refractivity contribution in [1.29, 1.82) is 0 Å². The SMILES string of the molecule is CCOc1ccccc1NC1=C(c2ccc(C)cc2)C(=O)N(Cc2ccccc2OC)C1=O. The standard InChI is InChI=1S/C27H26N2O4/c1-4-33-23-12-8-6-10-21(23)28-25-24(19-15-13-18(2)14-16-19)26(30)29(27(25)31)17-20-9-5-7-11-22(20)32-3/h5-16,28H,4,17H2,1-3H3. The number of carbonyl (C=O) groups is 2. The zero-order chi connectivity index (χ0) is 23.4. The third-order valence-corrected chi connectivity index (χ3v) is 5.48. The first kappa shape index (κ1) is 22.1. The molecule has 0 spiro atoms. The fourth-order valence-corrected chi connectivity index (χ4v) is 3.81. The normalized spacial score (nSPS) is 13.5. The number of nitrogens with one attached hydrogen (secondary N) is 1. The summed E-state index contributed by atoms with van der Waals surface area (Å²) in [5, 5.41) is 3.19. The molecule has 0 atom stereocenters. The van der Waals surface area contributed by atoms with Crippen molar-refractivity contribution >= 4 is 23.1 Å². The average Bonchev–Trinajstić information content (AvgIpc) is 3.05. The maximum atomic E-state index is 13.6. The number of imide groups is 1. The molecule has 3 aromatic rings. The van der Waals surface area contributed by atoms with Crippen LogP contribution in [0.1, 0.15) is 23.6 Å². The van der Waals surface area contributed by atoms with E-state index in [1.165, 1.54) is 4.90 Å². The van der Waals surface area contributed by atoms with Gasteiger partial charge in [0.15, 0.2) is 0 Å². The third kappa shape index (κ3) is 4.46. The molecule has 33 heavy (non-hydrogen) atoms. The summed E-state index contributed by atoms with van der Waals surface area (Å²) in [6, 6.07) is 22.3. The van der Waals surface area contributed by atoms with Crippen molar-refractivity contribution < 1.29 is 19.1 Å². The monoisotopic (exact) mass is 442 g/mol. The van der Waals surface area contributed by atoms with Crippen molar-refractivity contribution in [3.8, 4) is 11.5 Å². The van der Waals surface area contributed by atoms with Crippen molar-refractivity contribution in [3.05, 3.63) is 95.2 Å². The smallest absolute Gasteiger partial charge is 0.278 e. The van der Waals surface area contributed by atoms with Gasteiger partial charge in [-0.2, -0.15) is 0 Å². The molecule has 1 heterocycles. The highest BCUT2D eigenvalue weighted by molar-refractivity contribution is 6.36. The summed E-state index contributed by atoms with van der Waals surface area (Å²) in [6.45, 7) is 4.46. The first-order valence-corrected chi connectivity index (χ1v) is 10.8. The molecule has 0 bridgehead atoms. The summed E-state index contributed by atoms with van der Waals surface area (Å²) in [5.41, 5.74) is 3.68. The zero-order valence-corrected chi connectivity index (χ0v) is 18.9. The third-order valence-electron chi connectivity index (χ3n) is 5.48. The number of aryl methyl sites for hydroxylation is 1. The van der Waals surface area contributed by atoms with E-state index in [1.807, 2.05) is 86.6 Å². The summed E-state index contributed by atoms with van der Waals surface area (Å²) in [7, 11) is 1.57. The van der Waals surface area contributed by atoms with Crippen molar-refractivity contribution in [2.45, 2.75) is 20.4 Å². The molecule has 3 aromatic carbocycles. The Bertz CT molecular complexity index is 1210. The molecule has 1 N–H and O–H groups in total. The molecule has 0 saturated carbocycles. The first-order valence-electron chi connectivity index (χ1n) is 10.8. The number of amides is 2. The van der Waals surface area contributed by atoms with E-state index in [0.717, 1.165) is 11.1 Å². The Labute approximate surface area is 193 Å². The van der Waals surface area contributed by atoms with E-state index >= 15 is 0 Å². The summed E-state index contributed by atoms with van der Waals surface area (Å²) >= 11 is 0. The number of para-hydroxylation sites is 3. The van der Waals surface area contributed by atoms with Crippen molar-refractivity contribution in [1.82, 2.24) is 4.90 Å². The van der Waals surface area contributed by atoms with E-state index in [9.17, 15) is 9.59 Å². The van der Waals surface area contributed by atoms with Crippen LogP contribution < -0.4 is 14.8 Å². The van der Waals surface area contributed by atoms with E-state index in [2.05, 4.69) is 5.32 Å². The van der Waals surface area contributed by atoms with Gasteiger partial charge in [0, 0.05) is 5.56 Å². The highest BCUT2D eigenvalue weighted by atomic mass is 16.5. The Hall–Kier alpha value is -4.06. The highest BCUT2D eigenvalue weighted by Gasteiger charge is 2.39. The van der Waals surface area contributed by atoms with Crippen LogP contribution in [0.25, 0.3) is 5.57 Å². The first-order chi connectivity index (χ1) is 16.0. The molecule has 168 valence electrons. The van der Waals surface area contributed by atoms with Gasteiger partial charge in [-0.05, 0) is 37.6 Å². The maximum Gasteiger partial charge on any atom is 0.278 e. The van der Waals surface area contributed by atoms with E-state index < -0.39 is 5.91 Å². The van der Waals surface area contributed by atoms with Gasteiger partial charge >= 0.3 is 0 Å². The Morgan fingerprint density at radius 1 is 0.848 bits per heavy atom. The largest absolute Gasteiger partial charge is 0.496 e. The van der Waals surface area contributed by atoms with Gasteiger partial charge in [0.1, 0.15) is 17.2 Å². The van der Waals surface area contributed by atoms with Gasteiger partial charge in [-0.25, -0.2) is 0 Å². The molecule has 0 unspecified atom stereocenters. The van der Waals surface area contributed by atoms with Crippen LogP contribution in [0.15, 0.2) is 78.5 Å².